The van der Waals surface area contributed by atoms with Crippen molar-refractivity contribution in [3.05, 3.63) is 66.0 Å². The van der Waals surface area contributed by atoms with E-state index in [9.17, 15) is 12.8 Å². The number of nitrogens with zero attached hydrogens (tertiary/aromatic N) is 1. The van der Waals surface area contributed by atoms with Gasteiger partial charge < -0.3 is 5.73 Å². The minimum absolute atomic E-state index is 0. The fourth-order valence-corrected chi connectivity index (χ4v) is 4.30. The van der Waals surface area contributed by atoms with Gasteiger partial charge in [0, 0.05) is 25.0 Å². The van der Waals surface area contributed by atoms with Crippen LogP contribution in [-0.2, 0) is 10.0 Å². The van der Waals surface area contributed by atoms with Crippen LogP contribution in [0.1, 0.15) is 11.5 Å². The Hall–Kier alpha value is -1.47. The van der Waals surface area contributed by atoms with Gasteiger partial charge in [-0.25, -0.2) is 12.8 Å². The zero-order valence-electron chi connectivity index (χ0n) is 12.3. The maximum Gasteiger partial charge on any atom is 0.243 e. The first-order valence-electron chi connectivity index (χ1n) is 7.05. The minimum Gasteiger partial charge on any atom is -0.326 e. The van der Waals surface area contributed by atoms with E-state index in [4.69, 9.17) is 5.73 Å². The van der Waals surface area contributed by atoms with E-state index in [0.29, 0.717) is 6.54 Å². The molecule has 4 nitrogen and oxygen atoms in total. The highest BCUT2D eigenvalue weighted by Gasteiger charge is 2.38. The molecule has 0 spiro atoms. The summed E-state index contributed by atoms with van der Waals surface area (Å²) in [5, 5.41) is 0. The Balaban J connectivity index is 0.00000192. The molecule has 0 unspecified atom stereocenters. The number of rotatable bonds is 3. The summed E-state index contributed by atoms with van der Waals surface area (Å²) in [6, 6.07) is 14.3. The van der Waals surface area contributed by atoms with Crippen LogP contribution in [0.2, 0.25) is 0 Å². The molecule has 7 heteroatoms. The average molecular weight is 357 g/mol. The number of halogens is 2. The van der Waals surface area contributed by atoms with Crippen molar-refractivity contribution in [1.29, 1.82) is 0 Å². The topological polar surface area (TPSA) is 63.4 Å². The molecule has 1 saturated heterocycles. The van der Waals surface area contributed by atoms with Gasteiger partial charge in [-0.2, -0.15) is 4.31 Å². The summed E-state index contributed by atoms with van der Waals surface area (Å²) in [5.41, 5.74) is 7.17. The van der Waals surface area contributed by atoms with Crippen LogP contribution < -0.4 is 5.73 Å². The van der Waals surface area contributed by atoms with Gasteiger partial charge in [0.05, 0.1) is 4.90 Å². The lowest BCUT2D eigenvalue weighted by Gasteiger charge is -2.16. The van der Waals surface area contributed by atoms with Gasteiger partial charge in [-0.05, 0) is 29.8 Å². The summed E-state index contributed by atoms with van der Waals surface area (Å²) in [7, 11) is -3.64. The highest BCUT2D eigenvalue weighted by molar-refractivity contribution is 7.89. The van der Waals surface area contributed by atoms with Crippen LogP contribution in [0.25, 0.3) is 0 Å². The summed E-state index contributed by atoms with van der Waals surface area (Å²) < 4.78 is 39.6. The van der Waals surface area contributed by atoms with E-state index in [1.54, 1.807) is 0 Å². The average Bonchev–Trinajstić information content (AvgIpc) is 2.91. The van der Waals surface area contributed by atoms with E-state index in [-0.39, 0.29) is 35.8 Å². The molecule has 0 amide bonds. The molecule has 0 aliphatic carbocycles. The maximum absolute atomic E-state index is 13.0. The third kappa shape index (κ3) is 3.55. The third-order valence-electron chi connectivity index (χ3n) is 4.01. The zero-order valence-corrected chi connectivity index (χ0v) is 13.9. The summed E-state index contributed by atoms with van der Waals surface area (Å²) in [6.45, 7) is 0.601. The molecule has 1 aliphatic rings. The molecular weight excluding hydrogens is 339 g/mol. The molecule has 0 radical (unpaired) electrons. The van der Waals surface area contributed by atoms with Crippen molar-refractivity contribution in [2.45, 2.75) is 16.9 Å². The fraction of sp³-hybridized carbons (Fsp3) is 0.250. The van der Waals surface area contributed by atoms with Crippen molar-refractivity contribution in [3.8, 4) is 0 Å². The standard InChI is InChI=1S/C16H17FN2O2S.ClH/c17-13-6-8-14(9-7-13)22(20,21)19-10-15(16(18)11-19)12-4-2-1-3-5-12;/h1-9,15-16H,10-11,18H2;1H/t15-,16+;/m0./s1. The SMILES string of the molecule is Cl.N[C@@H]1CN(S(=O)(=O)c2ccc(F)cc2)C[C@H]1c1ccccc1. The third-order valence-corrected chi connectivity index (χ3v) is 5.86. The van der Waals surface area contributed by atoms with Crippen LogP contribution in [0, 0.1) is 5.82 Å². The first kappa shape index (κ1) is 17.9. The van der Waals surface area contributed by atoms with Gasteiger partial charge in [-0.15, -0.1) is 12.4 Å². The van der Waals surface area contributed by atoms with Gasteiger partial charge >= 0.3 is 0 Å². The second kappa shape index (κ2) is 6.97. The van der Waals surface area contributed by atoms with Crippen molar-refractivity contribution in [2.75, 3.05) is 13.1 Å². The molecule has 3 rings (SSSR count). The lowest BCUT2D eigenvalue weighted by Crippen LogP contribution is -2.32. The number of benzene rings is 2. The molecule has 2 aromatic rings. The summed E-state index contributed by atoms with van der Waals surface area (Å²) >= 11 is 0. The molecule has 23 heavy (non-hydrogen) atoms. The number of nitrogens with two attached hydrogens (primary N) is 1. The highest BCUT2D eigenvalue weighted by Crippen LogP contribution is 2.30. The molecule has 1 fully saturated rings. The monoisotopic (exact) mass is 356 g/mol. The fourth-order valence-electron chi connectivity index (χ4n) is 2.80. The van der Waals surface area contributed by atoms with Crippen LogP contribution in [0.3, 0.4) is 0 Å². The highest BCUT2D eigenvalue weighted by atomic mass is 35.5. The smallest absolute Gasteiger partial charge is 0.243 e. The Labute approximate surface area is 141 Å². The van der Waals surface area contributed by atoms with Crippen molar-refractivity contribution >= 4 is 22.4 Å². The second-order valence-electron chi connectivity index (χ2n) is 5.46. The predicted octanol–water partition coefficient (Wildman–Crippen LogP) is 2.36. The van der Waals surface area contributed by atoms with Crippen LogP contribution in [0.5, 0.6) is 0 Å². The molecule has 124 valence electrons. The molecule has 0 bridgehead atoms. The molecule has 0 aromatic heterocycles. The van der Waals surface area contributed by atoms with Gasteiger partial charge in [-0.3, -0.25) is 0 Å². The van der Waals surface area contributed by atoms with Gasteiger partial charge in [0.25, 0.3) is 0 Å². The summed E-state index contributed by atoms with van der Waals surface area (Å²) in [6.07, 6.45) is 0. The van der Waals surface area contributed by atoms with Crippen LogP contribution >= 0.6 is 12.4 Å². The largest absolute Gasteiger partial charge is 0.326 e. The van der Waals surface area contributed by atoms with Gasteiger partial charge in [0.15, 0.2) is 0 Å². The lowest BCUT2D eigenvalue weighted by molar-refractivity contribution is 0.470. The maximum atomic E-state index is 13.0. The number of hydrogen-bond donors (Lipinski definition) is 1. The van der Waals surface area contributed by atoms with Crippen LogP contribution in [0.15, 0.2) is 59.5 Å². The number of sulfonamides is 1. The summed E-state index contributed by atoms with van der Waals surface area (Å²) in [4.78, 5) is 0.0924. The first-order valence-corrected chi connectivity index (χ1v) is 8.49. The van der Waals surface area contributed by atoms with Crippen molar-refractivity contribution in [2.24, 2.45) is 5.73 Å². The Kier molecular flexibility index (Phi) is 5.41. The van der Waals surface area contributed by atoms with E-state index in [0.717, 1.165) is 17.7 Å². The first-order chi connectivity index (χ1) is 10.5. The Bertz CT molecular complexity index is 753. The van der Waals surface area contributed by atoms with Crippen molar-refractivity contribution < 1.29 is 12.8 Å². The van der Waals surface area contributed by atoms with E-state index < -0.39 is 15.8 Å². The zero-order chi connectivity index (χ0) is 15.7. The number of hydrogen-bond acceptors (Lipinski definition) is 3. The quantitative estimate of drug-likeness (QED) is 0.918. The Morgan fingerprint density at radius 3 is 2.22 bits per heavy atom. The molecule has 0 saturated carbocycles. The Morgan fingerprint density at radius 2 is 1.61 bits per heavy atom. The molecular formula is C16H18ClFN2O2S. The molecule has 1 heterocycles. The van der Waals surface area contributed by atoms with Gasteiger partial charge in [0.1, 0.15) is 5.82 Å². The lowest BCUT2D eigenvalue weighted by atomic mass is 9.95. The molecule has 2 N–H and O–H groups in total. The Morgan fingerprint density at radius 1 is 1.00 bits per heavy atom. The molecule has 1 aliphatic heterocycles. The normalized spacial score (nSPS) is 21.8. The van der Waals surface area contributed by atoms with Gasteiger partial charge in [0.2, 0.25) is 10.0 Å². The van der Waals surface area contributed by atoms with Crippen molar-refractivity contribution in [3.63, 3.8) is 0 Å². The molecule has 2 aromatic carbocycles. The van der Waals surface area contributed by atoms with E-state index in [2.05, 4.69) is 0 Å². The van der Waals surface area contributed by atoms with E-state index in [1.807, 2.05) is 30.3 Å². The van der Waals surface area contributed by atoms with Crippen molar-refractivity contribution in [1.82, 2.24) is 4.31 Å². The van der Waals surface area contributed by atoms with E-state index in [1.165, 1.54) is 16.4 Å². The molecule has 2 atom stereocenters. The second-order valence-corrected chi connectivity index (χ2v) is 7.39. The minimum atomic E-state index is -3.64. The summed E-state index contributed by atoms with van der Waals surface area (Å²) in [5.74, 6) is -0.490. The van der Waals surface area contributed by atoms with Gasteiger partial charge in [-0.1, -0.05) is 30.3 Å². The van der Waals surface area contributed by atoms with E-state index >= 15 is 0 Å². The van der Waals surface area contributed by atoms with Crippen LogP contribution in [-0.4, -0.2) is 31.9 Å². The van der Waals surface area contributed by atoms with Crippen LogP contribution in [0.4, 0.5) is 4.39 Å². The predicted molar refractivity (Wildman–Crippen MR) is 89.6 cm³/mol.